The summed E-state index contributed by atoms with van der Waals surface area (Å²) in [6.07, 6.45) is 3.45. The minimum absolute atomic E-state index is 0.0169. The predicted octanol–water partition coefficient (Wildman–Crippen LogP) is 1.01. The number of carbonyl (C=O) groups is 1. The number of hydrogen-bond donors (Lipinski definition) is 1. The first-order chi connectivity index (χ1) is 7.59. The number of likely N-dealkylation sites (N-methyl/N-ethyl adjacent to an activating group) is 1. The first-order valence-corrected chi connectivity index (χ1v) is 6.20. The Morgan fingerprint density at radius 3 is 2.88 bits per heavy atom. The van der Waals surface area contributed by atoms with Crippen molar-refractivity contribution in [2.45, 2.75) is 45.3 Å². The zero-order valence-electron chi connectivity index (χ0n) is 10.7. The van der Waals surface area contributed by atoms with Crippen molar-refractivity contribution < 1.29 is 9.53 Å². The van der Waals surface area contributed by atoms with Crippen molar-refractivity contribution in [1.82, 2.24) is 10.2 Å². The quantitative estimate of drug-likeness (QED) is 0.729. The van der Waals surface area contributed by atoms with Crippen LogP contribution >= 0.6 is 0 Å². The van der Waals surface area contributed by atoms with Crippen LogP contribution in [0.2, 0.25) is 0 Å². The van der Waals surface area contributed by atoms with Gasteiger partial charge >= 0.3 is 5.97 Å². The van der Waals surface area contributed by atoms with E-state index in [-0.39, 0.29) is 12.1 Å². The molecule has 0 aromatic rings. The molecule has 0 bridgehead atoms. The predicted molar refractivity (Wildman–Crippen MR) is 64.4 cm³/mol. The molecule has 1 unspecified atom stereocenters. The summed E-state index contributed by atoms with van der Waals surface area (Å²) in [7, 11) is 2.01. The highest BCUT2D eigenvalue weighted by atomic mass is 16.5. The van der Waals surface area contributed by atoms with Crippen LogP contribution in [0.4, 0.5) is 0 Å². The number of carbonyl (C=O) groups excluding carboxylic acids is 1. The minimum atomic E-state index is -0.116. The summed E-state index contributed by atoms with van der Waals surface area (Å²) in [5, 5.41) is 3.37. The van der Waals surface area contributed by atoms with E-state index in [9.17, 15) is 4.79 Å². The number of nitrogens with zero attached hydrogens (tertiary/aromatic N) is 1. The van der Waals surface area contributed by atoms with Crippen molar-refractivity contribution in [2.75, 3.05) is 26.7 Å². The second-order valence-corrected chi connectivity index (χ2v) is 4.79. The van der Waals surface area contributed by atoms with Crippen LogP contribution in [-0.2, 0) is 9.53 Å². The lowest BCUT2D eigenvalue weighted by atomic mass is 10.1. The van der Waals surface area contributed by atoms with Crippen LogP contribution in [0.15, 0.2) is 0 Å². The fraction of sp³-hybridized carbons (Fsp3) is 0.917. The maximum atomic E-state index is 11.5. The third kappa shape index (κ3) is 4.94. The van der Waals surface area contributed by atoms with Crippen LogP contribution in [0.5, 0.6) is 0 Å². The lowest BCUT2D eigenvalue weighted by Crippen LogP contribution is -2.37. The molecule has 0 amide bonds. The Morgan fingerprint density at radius 2 is 2.19 bits per heavy atom. The van der Waals surface area contributed by atoms with Gasteiger partial charge in [-0.2, -0.15) is 0 Å². The van der Waals surface area contributed by atoms with E-state index in [1.807, 2.05) is 20.9 Å². The van der Waals surface area contributed by atoms with Crippen LogP contribution in [0.3, 0.4) is 0 Å². The first kappa shape index (κ1) is 13.5. The van der Waals surface area contributed by atoms with E-state index in [0.717, 1.165) is 19.5 Å². The Bertz CT molecular complexity index is 211. The third-order valence-electron chi connectivity index (χ3n) is 2.91. The molecule has 0 aromatic carbocycles. The number of esters is 1. The lowest BCUT2D eigenvalue weighted by molar-refractivity contribution is -0.148. The van der Waals surface area contributed by atoms with E-state index in [0.29, 0.717) is 12.6 Å². The number of rotatable bonds is 4. The highest BCUT2D eigenvalue weighted by Crippen LogP contribution is 2.11. The second-order valence-electron chi connectivity index (χ2n) is 4.79. The summed E-state index contributed by atoms with van der Waals surface area (Å²) in [4.78, 5) is 13.6. The SMILES string of the molecule is CC(C)OC(=O)CN(C)C1CCCNCC1. The molecule has 4 nitrogen and oxygen atoms in total. The van der Waals surface area contributed by atoms with Gasteiger partial charge in [0, 0.05) is 6.04 Å². The number of nitrogens with one attached hydrogen (secondary N) is 1. The van der Waals surface area contributed by atoms with Gasteiger partial charge in [-0.3, -0.25) is 9.69 Å². The average Bonchev–Trinajstić information content (AvgIpc) is 2.43. The minimum Gasteiger partial charge on any atom is -0.462 e. The molecule has 0 spiro atoms. The van der Waals surface area contributed by atoms with E-state index >= 15 is 0 Å². The van der Waals surface area contributed by atoms with Crippen molar-refractivity contribution >= 4 is 5.97 Å². The molecule has 94 valence electrons. The Balaban J connectivity index is 2.32. The van der Waals surface area contributed by atoms with Crippen molar-refractivity contribution in [2.24, 2.45) is 0 Å². The van der Waals surface area contributed by atoms with Gasteiger partial charge in [-0.1, -0.05) is 0 Å². The van der Waals surface area contributed by atoms with Gasteiger partial charge in [0.05, 0.1) is 12.6 Å². The summed E-state index contributed by atoms with van der Waals surface area (Å²) >= 11 is 0. The van der Waals surface area contributed by atoms with Crippen LogP contribution < -0.4 is 5.32 Å². The molecule has 1 rings (SSSR count). The smallest absolute Gasteiger partial charge is 0.320 e. The summed E-state index contributed by atoms with van der Waals surface area (Å²) in [6.45, 7) is 6.32. The fourth-order valence-corrected chi connectivity index (χ4v) is 2.07. The zero-order valence-corrected chi connectivity index (χ0v) is 10.7. The molecule has 1 heterocycles. The van der Waals surface area contributed by atoms with E-state index in [2.05, 4.69) is 10.2 Å². The standard InChI is InChI=1S/C12H24N2O2/c1-10(2)16-12(15)9-14(3)11-5-4-7-13-8-6-11/h10-11,13H,4-9H2,1-3H3. The normalized spacial score (nSPS) is 22.2. The van der Waals surface area contributed by atoms with Gasteiger partial charge in [-0.05, 0) is 53.2 Å². The molecule has 16 heavy (non-hydrogen) atoms. The van der Waals surface area contributed by atoms with Crippen LogP contribution in [0.25, 0.3) is 0 Å². The molecular weight excluding hydrogens is 204 g/mol. The number of ether oxygens (including phenoxy) is 1. The highest BCUT2D eigenvalue weighted by molar-refractivity contribution is 5.71. The maximum Gasteiger partial charge on any atom is 0.320 e. The lowest BCUT2D eigenvalue weighted by Gasteiger charge is -2.26. The van der Waals surface area contributed by atoms with Gasteiger partial charge < -0.3 is 10.1 Å². The molecule has 1 atom stereocenters. The van der Waals surface area contributed by atoms with Gasteiger partial charge in [0.2, 0.25) is 0 Å². The highest BCUT2D eigenvalue weighted by Gasteiger charge is 2.19. The van der Waals surface area contributed by atoms with Crippen molar-refractivity contribution in [3.8, 4) is 0 Å². The molecule has 1 aliphatic rings. The summed E-state index contributed by atoms with van der Waals surface area (Å²) in [6, 6.07) is 0.509. The topological polar surface area (TPSA) is 41.6 Å². The molecule has 0 aromatic heterocycles. The summed E-state index contributed by atoms with van der Waals surface area (Å²) < 4.78 is 5.15. The van der Waals surface area contributed by atoms with Gasteiger partial charge in [0.25, 0.3) is 0 Å². The molecule has 0 radical (unpaired) electrons. The van der Waals surface area contributed by atoms with Gasteiger partial charge in [-0.25, -0.2) is 0 Å². The Labute approximate surface area is 98.3 Å². The first-order valence-electron chi connectivity index (χ1n) is 6.20. The van der Waals surface area contributed by atoms with Crippen LogP contribution in [-0.4, -0.2) is 49.7 Å². The second kappa shape index (κ2) is 6.86. The van der Waals surface area contributed by atoms with Gasteiger partial charge in [0.1, 0.15) is 0 Å². The van der Waals surface area contributed by atoms with Crippen LogP contribution in [0, 0.1) is 0 Å². The molecule has 0 aliphatic carbocycles. The Morgan fingerprint density at radius 1 is 1.44 bits per heavy atom. The number of hydrogen-bond acceptors (Lipinski definition) is 4. The van der Waals surface area contributed by atoms with Gasteiger partial charge in [-0.15, -0.1) is 0 Å². The van der Waals surface area contributed by atoms with Gasteiger partial charge in [0.15, 0.2) is 0 Å². The fourth-order valence-electron chi connectivity index (χ4n) is 2.07. The summed E-state index contributed by atoms with van der Waals surface area (Å²) in [5.41, 5.74) is 0. The molecular formula is C12H24N2O2. The summed E-state index contributed by atoms with van der Waals surface area (Å²) in [5.74, 6) is -0.116. The van der Waals surface area contributed by atoms with Crippen LogP contribution in [0.1, 0.15) is 33.1 Å². The van der Waals surface area contributed by atoms with E-state index in [1.54, 1.807) is 0 Å². The Hall–Kier alpha value is -0.610. The van der Waals surface area contributed by atoms with E-state index in [1.165, 1.54) is 12.8 Å². The van der Waals surface area contributed by atoms with Crippen molar-refractivity contribution in [3.63, 3.8) is 0 Å². The molecule has 1 saturated heterocycles. The van der Waals surface area contributed by atoms with E-state index in [4.69, 9.17) is 4.74 Å². The maximum absolute atomic E-state index is 11.5. The molecule has 1 N–H and O–H groups in total. The Kier molecular flexibility index (Phi) is 5.77. The average molecular weight is 228 g/mol. The third-order valence-corrected chi connectivity index (χ3v) is 2.91. The largest absolute Gasteiger partial charge is 0.462 e. The van der Waals surface area contributed by atoms with E-state index < -0.39 is 0 Å². The molecule has 4 heteroatoms. The van der Waals surface area contributed by atoms with Crippen molar-refractivity contribution in [3.05, 3.63) is 0 Å². The van der Waals surface area contributed by atoms with Crippen molar-refractivity contribution in [1.29, 1.82) is 0 Å². The monoisotopic (exact) mass is 228 g/mol. The zero-order chi connectivity index (χ0) is 12.0. The molecule has 1 fully saturated rings. The molecule has 0 saturated carbocycles. The molecule has 1 aliphatic heterocycles.